The van der Waals surface area contributed by atoms with Crippen molar-refractivity contribution in [2.45, 2.75) is 38.0 Å². The van der Waals surface area contributed by atoms with Gasteiger partial charge in [-0.05, 0) is 36.8 Å². The summed E-state index contributed by atoms with van der Waals surface area (Å²) in [5.74, 6) is 1.98. The highest BCUT2D eigenvalue weighted by Gasteiger charge is 2.33. The molecule has 10 heteroatoms. The minimum atomic E-state index is -0.165. The third kappa shape index (κ3) is 4.50. The van der Waals surface area contributed by atoms with Crippen LogP contribution in [0.15, 0.2) is 53.6 Å². The molecule has 35 heavy (non-hydrogen) atoms. The first-order valence-electron chi connectivity index (χ1n) is 11.8. The van der Waals surface area contributed by atoms with Crippen molar-refractivity contribution in [1.29, 1.82) is 0 Å². The topological polar surface area (TPSA) is 108 Å². The lowest BCUT2D eigenvalue weighted by molar-refractivity contribution is -0.0122. The predicted molar refractivity (Wildman–Crippen MR) is 131 cm³/mol. The lowest BCUT2D eigenvalue weighted by Crippen LogP contribution is -2.56. The van der Waals surface area contributed by atoms with Gasteiger partial charge in [0.1, 0.15) is 11.9 Å². The molecule has 6 heterocycles. The number of pyridine rings is 2. The van der Waals surface area contributed by atoms with Gasteiger partial charge in [-0.3, -0.25) is 9.78 Å². The van der Waals surface area contributed by atoms with E-state index in [-0.39, 0.29) is 11.7 Å². The van der Waals surface area contributed by atoms with Crippen LogP contribution in [0.3, 0.4) is 0 Å². The van der Waals surface area contributed by atoms with Crippen LogP contribution in [-0.2, 0) is 11.8 Å². The predicted octanol–water partition coefficient (Wildman–Crippen LogP) is 2.44. The molecule has 3 atom stereocenters. The fourth-order valence-electron chi connectivity index (χ4n) is 4.85. The Morgan fingerprint density at radius 2 is 1.91 bits per heavy atom. The maximum Gasteiger partial charge on any atom is 0.266 e. The molecule has 2 fully saturated rings. The standard InChI is InChI=1S/C25H27N7O3/c1-15-7-21(22(12-26-15)35-20-9-17-13-34-14-18(10-20)27-17)16-5-6-32-19(8-16)11-24(30-32)28-23-3-4-25(33)31(2)29-23/h3-8,11-12,17-18,20,27H,9-10,13-14H2,1-2H3,(H,28,29,30)/t17-,18+,20-. The zero-order valence-electron chi connectivity index (χ0n) is 19.6. The van der Waals surface area contributed by atoms with Gasteiger partial charge < -0.3 is 20.1 Å². The molecule has 0 amide bonds. The van der Waals surface area contributed by atoms with Gasteiger partial charge in [-0.2, -0.15) is 10.2 Å². The Hall–Kier alpha value is -3.76. The van der Waals surface area contributed by atoms with Gasteiger partial charge in [0.2, 0.25) is 0 Å². The van der Waals surface area contributed by atoms with Crippen molar-refractivity contribution in [1.82, 2.24) is 29.7 Å². The molecule has 2 aliphatic heterocycles. The number of nitrogens with one attached hydrogen (secondary N) is 2. The minimum Gasteiger partial charge on any atom is -0.488 e. The fourth-order valence-corrected chi connectivity index (χ4v) is 4.85. The van der Waals surface area contributed by atoms with E-state index in [1.807, 2.05) is 31.5 Å². The van der Waals surface area contributed by atoms with E-state index >= 15 is 0 Å². The summed E-state index contributed by atoms with van der Waals surface area (Å²) in [6, 6.07) is 11.9. The largest absolute Gasteiger partial charge is 0.488 e. The lowest BCUT2D eigenvalue weighted by atomic mass is 9.94. The average Bonchev–Trinajstić information content (AvgIpc) is 3.24. The highest BCUT2D eigenvalue weighted by Crippen LogP contribution is 2.34. The van der Waals surface area contributed by atoms with Crippen LogP contribution in [-0.4, -0.2) is 55.8 Å². The van der Waals surface area contributed by atoms with E-state index in [9.17, 15) is 4.79 Å². The van der Waals surface area contributed by atoms with Gasteiger partial charge in [0.15, 0.2) is 11.6 Å². The van der Waals surface area contributed by atoms with Crippen molar-refractivity contribution >= 4 is 17.2 Å². The van der Waals surface area contributed by atoms with Gasteiger partial charge in [-0.25, -0.2) is 9.20 Å². The Bertz CT molecular complexity index is 1430. The molecule has 0 aromatic carbocycles. The van der Waals surface area contributed by atoms with Gasteiger partial charge in [0, 0.05) is 61.6 Å². The molecule has 4 aromatic heterocycles. The molecule has 0 unspecified atom stereocenters. The van der Waals surface area contributed by atoms with Crippen molar-refractivity contribution in [3.8, 4) is 16.9 Å². The van der Waals surface area contributed by atoms with E-state index in [1.54, 1.807) is 17.6 Å². The number of fused-ring (bicyclic) bond motifs is 3. The van der Waals surface area contributed by atoms with Gasteiger partial charge in [0.25, 0.3) is 5.56 Å². The number of ether oxygens (including phenoxy) is 2. The molecule has 6 rings (SSSR count). The Balaban J connectivity index is 1.28. The number of nitrogens with zero attached hydrogens (tertiary/aromatic N) is 5. The SMILES string of the molecule is Cc1cc(-c2ccn3nc(Nc4ccc(=O)n(C)n4)cc3c2)c(O[C@H]2C[C@H]3COC[C@@H](C2)N3)cn1. The molecular formula is C25H27N7O3. The molecule has 4 aromatic rings. The van der Waals surface area contributed by atoms with Crippen LogP contribution in [0.25, 0.3) is 16.6 Å². The Labute approximate surface area is 201 Å². The Morgan fingerprint density at radius 1 is 1.09 bits per heavy atom. The van der Waals surface area contributed by atoms with E-state index < -0.39 is 0 Å². The van der Waals surface area contributed by atoms with Crippen molar-refractivity contribution in [2.75, 3.05) is 18.5 Å². The molecule has 10 nitrogen and oxygen atoms in total. The third-order valence-electron chi connectivity index (χ3n) is 6.49. The second kappa shape index (κ2) is 8.79. The first kappa shape index (κ1) is 21.8. The summed E-state index contributed by atoms with van der Waals surface area (Å²) in [7, 11) is 1.61. The molecular weight excluding hydrogens is 446 g/mol. The average molecular weight is 474 g/mol. The maximum atomic E-state index is 11.6. The van der Waals surface area contributed by atoms with Crippen LogP contribution in [0, 0.1) is 6.92 Å². The Morgan fingerprint density at radius 3 is 2.71 bits per heavy atom. The number of hydrogen-bond acceptors (Lipinski definition) is 8. The fraction of sp³-hybridized carbons (Fsp3) is 0.360. The van der Waals surface area contributed by atoms with E-state index in [4.69, 9.17) is 9.47 Å². The normalized spacial score (nSPS) is 21.7. The molecule has 180 valence electrons. The summed E-state index contributed by atoms with van der Waals surface area (Å²) in [5, 5.41) is 15.6. The molecule has 2 N–H and O–H groups in total. The molecule has 0 aliphatic carbocycles. The lowest BCUT2D eigenvalue weighted by Gasteiger charge is -2.40. The number of aromatic nitrogens is 5. The monoisotopic (exact) mass is 473 g/mol. The second-order valence-electron chi connectivity index (χ2n) is 9.25. The highest BCUT2D eigenvalue weighted by molar-refractivity contribution is 5.75. The second-order valence-corrected chi connectivity index (χ2v) is 9.25. The van der Waals surface area contributed by atoms with Crippen LogP contribution < -0.4 is 20.9 Å². The third-order valence-corrected chi connectivity index (χ3v) is 6.49. The van der Waals surface area contributed by atoms with Crippen LogP contribution in [0.1, 0.15) is 18.5 Å². The molecule has 2 aliphatic rings. The van der Waals surface area contributed by atoms with Gasteiger partial charge in [0.05, 0.1) is 24.9 Å². The molecule has 0 radical (unpaired) electrons. The number of anilines is 2. The smallest absolute Gasteiger partial charge is 0.266 e. The number of rotatable bonds is 5. The van der Waals surface area contributed by atoms with Crippen LogP contribution in [0.2, 0.25) is 0 Å². The van der Waals surface area contributed by atoms with Crippen LogP contribution in [0.5, 0.6) is 5.75 Å². The first-order valence-corrected chi connectivity index (χ1v) is 11.8. The van der Waals surface area contributed by atoms with Gasteiger partial charge in [-0.15, -0.1) is 0 Å². The van der Waals surface area contributed by atoms with Crippen LogP contribution in [0.4, 0.5) is 11.6 Å². The van der Waals surface area contributed by atoms with Crippen molar-refractivity contribution < 1.29 is 9.47 Å². The zero-order valence-corrected chi connectivity index (χ0v) is 19.6. The highest BCUT2D eigenvalue weighted by atomic mass is 16.5. The van der Waals surface area contributed by atoms with Crippen molar-refractivity contribution in [3.63, 3.8) is 0 Å². The summed E-state index contributed by atoms with van der Waals surface area (Å²) in [6.07, 6.45) is 5.72. The zero-order chi connectivity index (χ0) is 23.9. The molecule has 0 saturated carbocycles. The number of morpholine rings is 1. The van der Waals surface area contributed by atoms with Crippen molar-refractivity contribution in [2.24, 2.45) is 7.05 Å². The summed E-state index contributed by atoms with van der Waals surface area (Å²) in [5.41, 5.74) is 3.72. The maximum absolute atomic E-state index is 11.6. The summed E-state index contributed by atoms with van der Waals surface area (Å²) in [4.78, 5) is 16.1. The summed E-state index contributed by atoms with van der Waals surface area (Å²) < 4.78 is 15.3. The number of piperidine rings is 1. The minimum absolute atomic E-state index is 0.127. The first-order chi connectivity index (χ1) is 17.0. The summed E-state index contributed by atoms with van der Waals surface area (Å²) in [6.45, 7) is 3.45. The van der Waals surface area contributed by atoms with Crippen molar-refractivity contribution in [3.05, 3.63) is 64.8 Å². The number of aryl methyl sites for hydroxylation is 2. The van der Waals surface area contributed by atoms with E-state index in [0.717, 1.165) is 54.1 Å². The van der Waals surface area contributed by atoms with E-state index in [2.05, 4.69) is 37.9 Å². The number of hydrogen-bond donors (Lipinski definition) is 2. The molecule has 0 spiro atoms. The van der Waals surface area contributed by atoms with Gasteiger partial charge >= 0.3 is 0 Å². The van der Waals surface area contributed by atoms with E-state index in [1.165, 1.54) is 10.7 Å². The molecule has 2 bridgehead atoms. The Kier molecular flexibility index (Phi) is 5.46. The van der Waals surface area contributed by atoms with E-state index in [0.29, 0.717) is 23.7 Å². The van der Waals surface area contributed by atoms with Gasteiger partial charge in [-0.1, -0.05) is 0 Å². The summed E-state index contributed by atoms with van der Waals surface area (Å²) >= 11 is 0. The quantitative estimate of drug-likeness (QED) is 0.455. The van der Waals surface area contributed by atoms with Crippen LogP contribution >= 0.6 is 0 Å². The molecule has 2 saturated heterocycles.